The van der Waals surface area contributed by atoms with Gasteiger partial charge in [-0.3, -0.25) is 0 Å². The molecule has 1 heterocycles. The van der Waals surface area contributed by atoms with Crippen LogP contribution in [0.5, 0.6) is 0 Å². The fraction of sp³-hybridized carbons (Fsp3) is 0.250. The van der Waals surface area contributed by atoms with Crippen LogP contribution in [0.3, 0.4) is 0 Å². The molecule has 2 heteroatoms. The summed E-state index contributed by atoms with van der Waals surface area (Å²) in [5.74, 6) is 1.96. The standard InChI is InChI=1S/C4H5OP/c1-2-4-6-5-3-1/h1-2,4H,3H2. The Morgan fingerprint density at radius 2 is 2.67 bits per heavy atom. The predicted octanol–water partition coefficient (Wildman–Crippen LogP) is 1.24. The molecule has 1 nitrogen and oxygen atoms in total. The molecule has 0 atom stereocenters. The van der Waals surface area contributed by atoms with Crippen LogP contribution in [0.1, 0.15) is 0 Å². The summed E-state index contributed by atoms with van der Waals surface area (Å²) in [6, 6.07) is 0. The van der Waals surface area contributed by atoms with Gasteiger partial charge in [-0.05, 0) is 5.80 Å². The van der Waals surface area contributed by atoms with Gasteiger partial charge in [-0.2, -0.15) is 0 Å². The highest BCUT2D eigenvalue weighted by Gasteiger charge is 1.77. The van der Waals surface area contributed by atoms with E-state index in [4.69, 9.17) is 4.52 Å². The van der Waals surface area contributed by atoms with Crippen molar-refractivity contribution in [1.29, 1.82) is 0 Å². The molecule has 6 heavy (non-hydrogen) atoms. The molecule has 0 saturated carbocycles. The summed E-state index contributed by atoms with van der Waals surface area (Å²) in [5, 5.41) is 0. The maximum atomic E-state index is 4.90. The number of allylic oxidation sites excluding steroid dienone is 1. The topological polar surface area (TPSA) is 9.23 Å². The molecule has 0 aliphatic carbocycles. The zero-order chi connectivity index (χ0) is 4.24. The van der Waals surface area contributed by atoms with Gasteiger partial charge < -0.3 is 4.52 Å². The normalized spacial score (nSPS) is 21.3. The third kappa shape index (κ3) is 0.925. The number of hydrogen-bond acceptors (Lipinski definition) is 1. The lowest BCUT2D eigenvalue weighted by Gasteiger charge is -1.90. The van der Waals surface area contributed by atoms with E-state index in [2.05, 4.69) is 0 Å². The van der Waals surface area contributed by atoms with E-state index in [1.54, 1.807) is 0 Å². The highest BCUT2D eigenvalue weighted by atomic mass is 31.1. The fourth-order valence-electron chi connectivity index (χ4n) is 0.281. The molecule has 0 aromatic rings. The zero-order valence-corrected chi connectivity index (χ0v) is 4.19. The molecular weight excluding hydrogens is 95.0 g/mol. The summed E-state index contributed by atoms with van der Waals surface area (Å²) in [6.07, 6.45) is 3.99. The highest BCUT2D eigenvalue weighted by molar-refractivity contribution is 7.33. The molecule has 0 amide bonds. The molecule has 0 bridgehead atoms. The summed E-state index contributed by atoms with van der Waals surface area (Å²) in [5.41, 5.74) is 0. The van der Waals surface area contributed by atoms with Crippen LogP contribution in [-0.4, -0.2) is 12.4 Å². The van der Waals surface area contributed by atoms with Crippen LogP contribution in [0.2, 0.25) is 0 Å². The van der Waals surface area contributed by atoms with Crippen LogP contribution in [0.25, 0.3) is 0 Å². The minimum absolute atomic E-state index is 0.776. The molecule has 0 aromatic heterocycles. The van der Waals surface area contributed by atoms with Gasteiger partial charge >= 0.3 is 0 Å². The number of hydrogen-bond donors (Lipinski definition) is 0. The summed E-state index contributed by atoms with van der Waals surface area (Å²) < 4.78 is 4.90. The van der Waals surface area contributed by atoms with Crippen molar-refractivity contribution < 1.29 is 4.52 Å². The molecule has 0 fully saturated rings. The summed E-state index contributed by atoms with van der Waals surface area (Å²) in [4.78, 5) is 0. The first-order valence-corrected chi connectivity index (χ1v) is 2.69. The molecule has 1 aliphatic heterocycles. The highest BCUT2D eigenvalue weighted by Crippen LogP contribution is 1.99. The van der Waals surface area contributed by atoms with E-state index in [0.29, 0.717) is 0 Å². The molecule has 0 N–H and O–H groups in total. The van der Waals surface area contributed by atoms with Crippen molar-refractivity contribution in [1.82, 2.24) is 0 Å². The Kier molecular flexibility index (Phi) is 1.43. The van der Waals surface area contributed by atoms with Crippen molar-refractivity contribution in [2.24, 2.45) is 0 Å². The van der Waals surface area contributed by atoms with E-state index in [0.717, 1.165) is 15.0 Å². The second kappa shape index (κ2) is 2.12. The van der Waals surface area contributed by atoms with Gasteiger partial charge in [-0.1, -0.05) is 12.2 Å². The third-order valence-electron chi connectivity index (χ3n) is 0.528. The first-order chi connectivity index (χ1) is 3.00. The average Bonchev–Trinajstić information content (AvgIpc) is 1.72. The van der Waals surface area contributed by atoms with Crippen molar-refractivity contribution in [2.45, 2.75) is 0 Å². The van der Waals surface area contributed by atoms with Gasteiger partial charge in [0.25, 0.3) is 0 Å². The molecule has 0 aromatic carbocycles. The Balaban J connectivity index is 2.46. The molecule has 0 unspecified atom stereocenters. The Morgan fingerprint density at radius 3 is 2.83 bits per heavy atom. The van der Waals surface area contributed by atoms with Crippen molar-refractivity contribution >= 4 is 14.2 Å². The van der Waals surface area contributed by atoms with Crippen molar-refractivity contribution in [2.75, 3.05) is 6.61 Å². The lowest BCUT2D eigenvalue weighted by molar-refractivity contribution is 0.423. The van der Waals surface area contributed by atoms with Crippen molar-refractivity contribution in [3.63, 3.8) is 0 Å². The predicted molar refractivity (Wildman–Crippen MR) is 28.1 cm³/mol. The van der Waals surface area contributed by atoms with Gasteiger partial charge in [0.1, 0.15) is 0 Å². The SMILES string of the molecule is C1=CCOP=C1. The van der Waals surface area contributed by atoms with E-state index in [1.165, 1.54) is 0 Å². The van der Waals surface area contributed by atoms with Gasteiger partial charge in [0.05, 0.1) is 15.0 Å². The molecule has 0 spiro atoms. The minimum Gasteiger partial charge on any atom is -0.322 e. The van der Waals surface area contributed by atoms with E-state index >= 15 is 0 Å². The van der Waals surface area contributed by atoms with Crippen molar-refractivity contribution in [3.8, 4) is 0 Å². The molecule has 1 rings (SSSR count). The Morgan fingerprint density at radius 1 is 1.67 bits per heavy atom. The first-order valence-electron chi connectivity index (χ1n) is 1.80. The Labute approximate surface area is 38.5 Å². The molecule has 32 valence electrons. The first kappa shape index (κ1) is 4.04. The second-order valence-electron chi connectivity index (χ2n) is 0.978. The van der Waals surface area contributed by atoms with Gasteiger partial charge in [0.15, 0.2) is 0 Å². The summed E-state index contributed by atoms with van der Waals surface area (Å²) in [6.45, 7) is 0.776. The Bertz CT molecular complexity index is 73.5. The number of rotatable bonds is 0. The largest absolute Gasteiger partial charge is 0.322 e. The maximum Gasteiger partial charge on any atom is 0.0759 e. The quantitative estimate of drug-likeness (QED) is 0.416. The van der Waals surface area contributed by atoms with Crippen LogP contribution in [0.15, 0.2) is 12.2 Å². The maximum absolute atomic E-state index is 4.90. The van der Waals surface area contributed by atoms with Crippen LogP contribution < -0.4 is 0 Å². The van der Waals surface area contributed by atoms with Gasteiger partial charge in [0, 0.05) is 0 Å². The summed E-state index contributed by atoms with van der Waals surface area (Å²) >= 11 is 0. The van der Waals surface area contributed by atoms with E-state index in [9.17, 15) is 0 Å². The van der Waals surface area contributed by atoms with E-state index in [-0.39, 0.29) is 0 Å². The van der Waals surface area contributed by atoms with Gasteiger partial charge in [0.2, 0.25) is 0 Å². The van der Waals surface area contributed by atoms with E-state index in [1.807, 2.05) is 17.9 Å². The third-order valence-corrected chi connectivity index (χ3v) is 1.12. The molecular formula is C4H5OP. The molecule has 1 aliphatic rings. The lowest BCUT2D eigenvalue weighted by atomic mass is 10.6. The van der Waals surface area contributed by atoms with Crippen LogP contribution in [0, 0.1) is 0 Å². The lowest BCUT2D eigenvalue weighted by Crippen LogP contribution is -1.79. The Hall–Kier alpha value is -0.130. The van der Waals surface area contributed by atoms with E-state index < -0.39 is 0 Å². The smallest absolute Gasteiger partial charge is 0.0759 e. The van der Waals surface area contributed by atoms with Crippen molar-refractivity contribution in [3.05, 3.63) is 12.2 Å². The summed E-state index contributed by atoms with van der Waals surface area (Å²) in [7, 11) is 0.986. The second-order valence-corrected chi connectivity index (χ2v) is 1.75. The minimum atomic E-state index is 0.776. The average molecular weight is 100 g/mol. The van der Waals surface area contributed by atoms with Crippen LogP contribution in [0.4, 0.5) is 0 Å². The molecule has 0 radical (unpaired) electrons. The van der Waals surface area contributed by atoms with Crippen LogP contribution in [-0.2, 0) is 4.52 Å². The fourth-order valence-corrected chi connectivity index (χ4v) is 0.731. The monoisotopic (exact) mass is 100 g/mol. The van der Waals surface area contributed by atoms with Crippen LogP contribution >= 0.6 is 8.43 Å². The zero-order valence-electron chi connectivity index (χ0n) is 3.29. The van der Waals surface area contributed by atoms with Gasteiger partial charge in [-0.15, -0.1) is 0 Å². The van der Waals surface area contributed by atoms with Gasteiger partial charge in [-0.25, -0.2) is 0 Å². The molecule has 0 saturated heterocycles.